The standard InChI is InChI=1S/C21H22N6O2S/c1-25-11-13-27(14-12-25)21-23-19-6-4-3-5-18(19)20(24-21)26(2)30(28,29)17-9-7-16(15-22)8-10-17/h3-10H,11-14H2,1-2H3. The van der Waals surface area contributed by atoms with Crippen molar-refractivity contribution in [3.8, 4) is 6.07 Å². The second-order valence-corrected chi connectivity index (χ2v) is 9.23. The van der Waals surface area contributed by atoms with Gasteiger partial charge in [0.05, 0.1) is 22.0 Å². The minimum absolute atomic E-state index is 0.104. The average molecular weight is 423 g/mol. The van der Waals surface area contributed by atoms with Gasteiger partial charge in [-0.1, -0.05) is 12.1 Å². The highest BCUT2D eigenvalue weighted by Gasteiger charge is 2.26. The Labute approximate surface area is 176 Å². The van der Waals surface area contributed by atoms with Crippen molar-refractivity contribution < 1.29 is 8.42 Å². The highest BCUT2D eigenvalue weighted by atomic mass is 32.2. The molecule has 0 unspecified atom stereocenters. The summed E-state index contributed by atoms with van der Waals surface area (Å²) in [5.74, 6) is 0.859. The third-order valence-electron chi connectivity index (χ3n) is 5.30. The van der Waals surface area contributed by atoms with Gasteiger partial charge in [-0.15, -0.1) is 0 Å². The molecule has 0 radical (unpaired) electrons. The first kappa shape index (κ1) is 20.1. The van der Waals surface area contributed by atoms with Gasteiger partial charge in [0.1, 0.15) is 0 Å². The maximum absolute atomic E-state index is 13.3. The van der Waals surface area contributed by atoms with Gasteiger partial charge in [-0.25, -0.2) is 13.4 Å². The summed E-state index contributed by atoms with van der Waals surface area (Å²) in [7, 11) is -0.290. The monoisotopic (exact) mass is 422 g/mol. The van der Waals surface area contributed by atoms with Crippen molar-refractivity contribution >= 4 is 32.7 Å². The molecule has 30 heavy (non-hydrogen) atoms. The van der Waals surface area contributed by atoms with Crippen molar-refractivity contribution in [1.29, 1.82) is 5.26 Å². The first-order valence-electron chi connectivity index (χ1n) is 9.59. The Bertz CT molecular complexity index is 1210. The predicted molar refractivity (Wildman–Crippen MR) is 116 cm³/mol. The molecule has 1 aliphatic rings. The molecule has 0 atom stereocenters. The van der Waals surface area contributed by atoms with Gasteiger partial charge in [-0.05, 0) is 43.4 Å². The second-order valence-electron chi connectivity index (χ2n) is 7.26. The molecule has 0 aliphatic carbocycles. The van der Waals surface area contributed by atoms with Crippen LogP contribution in [0, 0.1) is 11.3 Å². The van der Waals surface area contributed by atoms with E-state index in [4.69, 9.17) is 5.26 Å². The van der Waals surface area contributed by atoms with E-state index in [9.17, 15) is 8.42 Å². The van der Waals surface area contributed by atoms with E-state index in [2.05, 4.69) is 26.8 Å². The van der Waals surface area contributed by atoms with Gasteiger partial charge < -0.3 is 9.80 Å². The summed E-state index contributed by atoms with van der Waals surface area (Å²) in [5.41, 5.74) is 1.10. The highest BCUT2D eigenvalue weighted by Crippen LogP contribution is 2.30. The van der Waals surface area contributed by atoms with Crippen LogP contribution in [0.25, 0.3) is 10.9 Å². The van der Waals surface area contributed by atoms with Crippen LogP contribution in [0.2, 0.25) is 0 Å². The summed E-state index contributed by atoms with van der Waals surface area (Å²) < 4.78 is 27.7. The van der Waals surface area contributed by atoms with Gasteiger partial charge in [0.15, 0.2) is 5.82 Å². The number of nitriles is 1. The summed E-state index contributed by atoms with van der Waals surface area (Å²) in [6, 6.07) is 15.3. The Balaban J connectivity index is 1.79. The van der Waals surface area contributed by atoms with E-state index < -0.39 is 10.0 Å². The fourth-order valence-corrected chi connectivity index (χ4v) is 4.57. The van der Waals surface area contributed by atoms with Crippen LogP contribution in [0.1, 0.15) is 5.56 Å². The lowest BCUT2D eigenvalue weighted by Crippen LogP contribution is -2.45. The van der Waals surface area contributed by atoms with Crippen molar-refractivity contribution in [2.45, 2.75) is 4.90 Å². The number of nitrogens with zero attached hydrogens (tertiary/aromatic N) is 6. The van der Waals surface area contributed by atoms with Gasteiger partial charge in [0.2, 0.25) is 5.95 Å². The molecule has 1 aromatic heterocycles. The number of benzene rings is 2. The number of hydrogen-bond donors (Lipinski definition) is 0. The molecule has 0 N–H and O–H groups in total. The summed E-state index contributed by atoms with van der Waals surface area (Å²) in [5, 5.41) is 9.64. The summed E-state index contributed by atoms with van der Waals surface area (Å²) in [6.45, 7) is 3.34. The Hall–Kier alpha value is -3.22. The molecule has 9 heteroatoms. The summed E-state index contributed by atoms with van der Waals surface area (Å²) in [6.07, 6.45) is 0. The van der Waals surface area contributed by atoms with Gasteiger partial charge >= 0.3 is 0 Å². The second kappa shape index (κ2) is 7.89. The zero-order valence-corrected chi connectivity index (χ0v) is 17.7. The van der Waals surface area contributed by atoms with Crippen molar-refractivity contribution in [3.05, 3.63) is 54.1 Å². The van der Waals surface area contributed by atoms with Crippen LogP contribution in [0.15, 0.2) is 53.4 Å². The number of para-hydroxylation sites is 1. The number of rotatable bonds is 4. The minimum Gasteiger partial charge on any atom is -0.338 e. The Morgan fingerprint density at radius 1 is 1.00 bits per heavy atom. The fourth-order valence-electron chi connectivity index (χ4n) is 3.41. The number of likely N-dealkylation sites (N-methyl/N-ethyl adjacent to an activating group) is 1. The molecular formula is C21H22N6O2S. The fraction of sp³-hybridized carbons (Fsp3) is 0.286. The van der Waals surface area contributed by atoms with Crippen LogP contribution in [-0.2, 0) is 10.0 Å². The third-order valence-corrected chi connectivity index (χ3v) is 7.06. The van der Waals surface area contributed by atoms with Gasteiger partial charge in [0, 0.05) is 38.6 Å². The van der Waals surface area contributed by atoms with Crippen LogP contribution in [0.5, 0.6) is 0 Å². The topological polar surface area (TPSA) is 93.4 Å². The molecule has 1 aliphatic heterocycles. The third kappa shape index (κ3) is 3.67. The molecule has 4 rings (SSSR count). The van der Waals surface area contributed by atoms with Crippen LogP contribution in [0.4, 0.5) is 11.8 Å². The van der Waals surface area contributed by atoms with Crippen molar-refractivity contribution in [1.82, 2.24) is 14.9 Å². The number of fused-ring (bicyclic) bond motifs is 1. The molecule has 1 saturated heterocycles. The molecule has 0 bridgehead atoms. The Morgan fingerprint density at radius 3 is 2.33 bits per heavy atom. The molecule has 8 nitrogen and oxygen atoms in total. The molecular weight excluding hydrogens is 400 g/mol. The van der Waals surface area contributed by atoms with Crippen LogP contribution in [0.3, 0.4) is 0 Å². The van der Waals surface area contributed by atoms with E-state index in [1.54, 1.807) is 0 Å². The summed E-state index contributed by atoms with van der Waals surface area (Å²) >= 11 is 0. The first-order chi connectivity index (χ1) is 14.4. The lowest BCUT2D eigenvalue weighted by Gasteiger charge is -2.33. The van der Waals surface area contributed by atoms with Crippen LogP contribution >= 0.6 is 0 Å². The largest absolute Gasteiger partial charge is 0.338 e. The molecule has 2 aromatic carbocycles. The maximum Gasteiger partial charge on any atom is 0.265 e. The number of piperazine rings is 1. The molecule has 3 aromatic rings. The predicted octanol–water partition coefficient (Wildman–Crippen LogP) is 2.08. The smallest absolute Gasteiger partial charge is 0.265 e. The van der Waals surface area contributed by atoms with Crippen LogP contribution in [-0.4, -0.2) is 63.6 Å². The van der Waals surface area contributed by atoms with E-state index in [0.717, 1.165) is 26.2 Å². The summed E-state index contributed by atoms with van der Waals surface area (Å²) in [4.78, 5) is 13.8. The number of aromatic nitrogens is 2. The highest BCUT2D eigenvalue weighted by molar-refractivity contribution is 7.92. The average Bonchev–Trinajstić information content (AvgIpc) is 2.78. The first-order valence-corrected chi connectivity index (χ1v) is 11.0. The SMILES string of the molecule is CN1CCN(c2nc(N(C)S(=O)(=O)c3ccc(C#N)cc3)c3ccccc3n2)CC1. The minimum atomic E-state index is -3.86. The molecule has 154 valence electrons. The van der Waals surface area contributed by atoms with Crippen LogP contribution < -0.4 is 9.21 Å². The van der Waals surface area contributed by atoms with E-state index in [0.29, 0.717) is 28.2 Å². The van der Waals surface area contributed by atoms with E-state index in [1.165, 1.54) is 35.6 Å². The quantitative estimate of drug-likeness (QED) is 0.635. The van der Waals surface area contributed by atoms with E-state index in [1.807, 2.05) is 30.3 Å². The number of hydrogen-bond acceptors (Lipinski definition) is 7. The van der Waals surface area contributed by atoms with Crippen molar-refractivity contribution in [2.24, 2.45) is 0 Å². The van der Waals surface area contributed by atoms with Crippen molar-refractivity contribution in [3.63, 3.8) is 0 Å². The lowest BCUT2D eigenvalue weighted by atomic mass is 10.2. The molecule has 2 heterocycles. The number of sulfonamides is 1. The van der Waals surface area contributed by atoms with Gasteiger partial charge in [-0.2, -0.15) is 10.2 Å². The Kier molecular flexibility index (Phi) is 5.28. The van der Waals surface area contributed by atoms with Crippen molar-refractivity contribution in [2.75, 3.05) is 49.5 Å². The molecule has 1 fully saturated rings. The molecule has 0 spiro atoms. The van der Waals surface area contributed by atoms with Gasteiger partial charge in [0.25, 0.3) is 10.0 Å². The molecule has 0 saturated carbocycles. The zero-order chi connectivity index (χ0) is 21.3. The maximum atomic E-state index is 13.3. The zero-order valence-electron chi connectivity index (χ0n) is 16.9. The van der Waals surface area contributed by atoms with Gasteiger partial charge in [-0.3, -0.25) is 4.31 Å². The Morgan fingerprint density at radius 2 is 1.67 bits per heavy atom. The lowest BCUT2D eigenvalue weighted by molar-refractivity contribution is 0.311. The normalized spacial score (nSPS) is 15.2. The number of anilines is 2. The van der Waals surface area contributed by atoms with E-state index >= 15 is 0 Å². The van der Waals surface area contributed by atoms with E-state index in [-0.39, 0.29) is 4.90 Å². The molecule has 0 amide bonds.